The number of nitrogens with one attached hydrogen (secondary N) is 1. The van der Waals surface area contributed by atoms with E-state index in [1.807, 2.05) is 0 Å². The molecular formula is C10H9ClN2O2. The molecule has 0 saturated carbocycles. The van der Waals surface area contributed by atoms with E-state index in [2.05, 4.69) is 5.43 Å². The minimum atomic E-state index is -0.272. The largest absolute Gasteiger partial charge is 0.274 e. The highest BCUT2D eigenvalue weighted by Gasteiger charge is 2.27. The monoisotopic (exact) mass is 224 g/mol. The predicted molar refractivity (Wildman–Crippen MR) is 56.5 cm³/mol. The lowest BCUT2D eigenvalue weighted by Crippen LogP contribution is -2.43. The SMILES string of the molecule is CC(=O)NN1C(=O)Cc2cc(Cl)ccc21. The first-order valence-corrected chi connectivity index (χ1v) is 4.84. The smallest absolute Gasteiger partial charge is 0.250 e. The molecule has 4 nitrogen and oxygen atoms in total. The van der Waals surface area contributed by atoms with E-state index in [-0.39, 0.29) is 18.2 Å². The average molecular weight is 225 g/mol. The molecule has 1 aromatic carbocycles. The second kappa shape index (κ2) is 3.55. The van der Waals surface area contributed by atoms with Gasteiger partial charge < -0.3 is 0 Å². The van der Waals surface area contributed by atoms with Crippen LogP contribution in [0.15, 0.2) is 18.2 Å². The number of anilines is 1. The quantitative estimate of drug-likeness (QED) is 0.781. The molecule has 0 atom stereocenters. The van der Waals surface area contributed by atoms with E-state index in [0.29, 0.717) is 10.7 Å². The molecule has 1 heterocycles. The van der Waals surface area contributed by atoms with Crippen LogP contribution in [0.4, 0.5) is 5.69 Å². The molecule has 78 valence electrons. The third-order valence-electron chi connectivity index (χ3n) is 2.14. The maximum atomic E-state index is 11.5. The van der Waals surface area contributed by atoms with Gasteiger partial charge in [0.25, 0.3) is 0 Å². The lowest BCUT2D eigenvalue weighted by atomic mass is 10.2. The molecule has 2 rings (SSSR count). The highest BCUT2D eigenvalue weighted by atomic mass is 35.5. The van der Waals surface area contributed by atoms with Crippen LogP contribution in [0.5, 0.6) is 0 Å². The summed E-state index contributed by atoms with van der Waals surface area (Å²) in [5, 5.41) is 1.85. The van der Waals surface area contributed by atoms with Gasteiger partial charge in [-0.15, -0.1) is 0 Å². The molecular weight excluding hydrogens is 216 g/mol. The standard InChI is InChI=1S/C10H9ClN2O2/c1-6(14)12-13-9-3-2-8(11)4-7(9)5-10(13)15/h2-4H,5H2,1H3,(H,12,14). The van der Waals surface area contributed by atoms with Crippen LogP contribution in [0.25, 0.3) is 0 Å². The Labute approximate surface area is 91.8 Å². The van der Waals surface area contributed by atoms with Crippen LogP contribution in [0.1, 0.15) is 12.5 Å². The summed E-state index contributed by atoms with van der Waals surface area (Å²) < 4.78 is 0. The Bertz CT molecular complexity index is 445. The number of rotatable bonds is 1. The summed E-state index contributed by atoms with van der Waals surface area (Å²) in [6, 6.07) is 5.14. The van der Waals surface area contributed by atoms with Crippen molar-refractivity contribution in [3.63, 3.8) is 0 Å². The third kappa shape index (κ3) is 1.80. The van der Waals surface area contributed by atoms with Crippen molar-refractivity contribution in [1.82, 2.24) is 5.43 Å². The van der Waals surface area contributed by atoms with Crippen molar-refractivity contribution in [2.24, 2.45) is 0 Å². The molecule has 5 heteroatoms. The van der Waals surface area contributed by atoms with Crippen LogP contribution in [-0.2, 0) is 16.0 Å². The summed E-state index contributed by atoms with van der Waals surface area (Å²) >= 11 is 5.81. The fourth-order valence-electron chi connectivity index (χ4n) is 1.57. The number of amides is 2. The summed E-state index contributed by atoms with van der Waals surface area (Å²) in [5.74, 6) is -0.423. The zero-order valence-electron chi connectivity index (χ0n) is 8.08. The van der Waals surface area contributed by atoms with E-state index in [9.17, 15) is 9.59 Å². The molecule has 1 aliphatic heterocycles. The molecule has 0 aromatic heterocycles. The van der Waals surface area contributed by atoms with Crippen LogP contribution in [0.2, 0.25) is 5.02 Å². The van der Waals surface area contributed by atoms with Crippen molar-refractivity contribution in [1.29, 1.82) is 0 Å². The first kappa shape index (κ1) is 9.98. The normalized spacial score (nSPS) is 14.0. The van der Waals surface area contributed by atoms with E-state index in [4.69, 9.17) is 11.6 Å². The molecule has 1 aliphatic rings. The Morgan fingerprint density at radius 3 is 2.93 bits per heavy atom. The summed E-state index contributed by atoms with van der Waals surface area (Å²) in [6.45, 7) is 1.36. The van der Waals surface area contributed by atoms with Crippen molar-refractivity contribution >= 4 is 29.1 Å². The van der Waals surface area contributed by atoms with Gasteiger partial charge in [-0.2, -0.15) is 0 Å². The highest BCUT2D eigenvalue weighted by molar-refractivity contribution is 6.30. The summed E-state index contributed by atoms with van der Waals surface area (Å²) in [6.07, 6.45) is 0.274. The second-order valence-corrected chi connectivity index (χ2v) is 3.78. The minimum absolute atomic E-state index is 0.150. The molecule has 1 N–H and O–H groups in total. The number of hydrazine groups is 1. The van der Waals surface area contributed by atoms with Gasteiger partial charge in [-0.05, 0) is 23.8 Å². The Morgan fingerprint density at radius 1 is 1.53 bits per heavy atom. The number of carbonyl (C=O) groups excluding carboxylic acids is 2. The van der Waals surface area contributed by atoms with Gasteiger partial charge in [-0.25, -0.2) is 5.01 Å². The van der Waals surface area contributed by atoms with Crippen LogP contribution in [0, 0.1) is 0 Å². The number of hydrogen-bond acceptors (Lipinski definition) is 2. The van der Waals surface area contributed by atoms with Gasteiger partial charge in [-0.3, -0.25) is 15.0 Å². The van der Waals surface area contributed by atoms with E-state index in [1.165, 1.54) is 11.9 Å². The molecule has 0 spiro atoms. The topological polar surface area (TPSA) is 49.4 Å². The molecule has 0 unspecified atom stereocenters. The van der Waals surface area contributed by atoms with Gasteiger partial charge in [0.05, 0.1) is 12.1 Å². The van der Waals surface area contributed by atoms with Crippen molar-refractivity contribution in [2.45, 2.75) is 13.3 Å². The number of hydrogen-bond donors (Lipinski definition) is 1. The van der Waals surface area contributed by atoms with Gasteiger partial charge >= 0.3 is 0 Å². The minimum Gasteiger partial charge on any atom is -0.274 e. The lowest BCUT2D eigenvalue weighted by molar-refractivity contribution is -0.124. The van der Waals surface area contributed by atoms with Crippen LogP contribution in [-0.4, -0.2) is 11.8 Å². The van der Waals surface area contributed by atoms with E-state index in [0.717, 1.165) is 5.56 Å². The highest BCUT2D eigenvalue weighted by Crippen LogP contribution is 2.29. The Morgan fingerprint density at radius 2 is 2.27 bits per heavy atom. The van der Waals surface area contributed by atoms with E-state index < -0.39 is 0 Å². The number of halogens is 1. The number of carbonyl (C=O) groups is 2. The van der Waals surface area contributed by atoms with Crippen LogP contribution in [0.3, 0.4) is 0 Å². The lowest BCUT2D eigenvalue weighted by Gasteiger charge is -2.16. The number of benzene rings is 1. The van der Waals surface area contributed by atoms with Crippen molar-refractivity contribution < 1.29 is 9.59 Å². The fraction of sp³-hybridized carbons (Fsp3) is 0.200. The van der Waals surface area contributed by atoms with Gasteiger partial charge in [0, 0.05) is 11.9 Å². The first-order valence-electron chi connectivity index (χ1n) is 4.46. The average Bonchev–Trinajstić information content (AvgIpc) is 2.41. The predicted octanol–water partition coefficient (Wildman–Crippen LogP) is 1.28. The molecule has 0 fully saturated rings. The van der Waals surface area contributed by atoms with E-state index in [1.54, 1.807) is 18.2 Å². The van der Waals surface area contributed by atoms with E-state index >= 15 is 0 Å². The zero-order valence-corrected chi connectivity index (χ0v) is 8.84. The Hall–Kier alpha value is -1.55. The van der Waals surface area contributed by atoms with Crippen LogP contribution < -0.4 is 10.4 Å². The Balaban J connectivity index is 2.37. The van der Waals surface area contributed by atoms with Crippen molar-refractivity contribution in [2.75, 3.05) is 5.01 Å². The zero-order chi connectivity index (χ0) is 11.0. The van der Waals surface area contributed by atoms with Gasteiger partial charge in [0.1, 0.15) is 0 Å². The number of fused-ring (bicyclic) bond motifs is 1. The molecule has 0 saturated heterocycles. The fourth-order valence-corrected chi connectivity index (χ4v) is 1.76. The van der Waals surface area contributed by atoms with Gasteiger partial charge in [0.15, 0.2) is 0 Å². The molecule has 0 radical (unpaired) electrons. The van der Waals surface area contributed by atoms with Crippen LogP contribution >= 0.6 is 11.6 Å². The van der Waals surface area contributed by atoms with Crippen molar-refractivity contribution in [3.8, 4) is 0 Å². The second-order valence-electron chi connectivity index (χ2n) is 3.35. The molecule has 2 amide bonds. The first-order chi connectivity index (χ1) is 7.08. The Kier molecular flexibility index (Phi) is 2.36. The molecule has 0 aliphatic carbocycles. The summed E-state index contributed by atoms with van der Waals surface area (Å²) in [4.78, 5) is 22.4. The molecule has 0 bridgehead atoms. The maximum Gasteiger partial charge on any atom is 0.250 e. The summed E-state index contributed by atoms with van der Waals surface area (Å²) in [7, 11) is 0. The molecule has 1 aromatic rings. The third-order valence-corrected chi connectivity index (χ3v) is 2.38. The molecule has 15 heavy (non-hydrogen) atoms. The maximum absolute atomic E-state index is 11.5. The summed E-state index contributed by atoms with van der Waals surface area (Å²) in [5.41, 5.74) is 4.00. The van der Waals surface area contributed by atoms with Gasteiger partial charge in [0.2, 0.25) is 11.8 Å². The number of nitrogens with zero attached hydrogens (tertiary/aromatic N) is 1. The van der Waals surface area contributed by atoms with Gasteiger partial charge in [-0.1, -0.05) is 11.6 Å². The van der Waals surface area contributed by atoms with Crippen molar-refractivity contribution in [3.05, 3.63) is 28.8 Å².